The van der Waals surface area contributed by atoms with Crippen LogP contribution in [0.5, 0.6) is 5.95 Å². The first-order valence-electron chi connectivity index (χ1n) is 7.24. The Morgan fingerprint density at radius 1 is 1.22 bits per heavy atom. The van der Waals surface area contributed by atoms with Crippen LogP contribution in [0.25, 0.3) is 22.4 Å². The van der Waals surface area contributed by atoms with Gasteiger partial charge in [0.2, 0.25) is 5.89 Å². The smallest absolute Gasteiger partial charge is 0.310 e. The van der Waals surface area contributed by atoms with Crippen LogP contribution in [0.1, 0.15) is 23.7 Å². The van der Waals surface area contributed by atoms with Gasteiger partial charge in [-0.2, -0.15) is 0 Å². The molecule has 4 nitrogen and oxygen atoms in total. The molecule has 0 aliphatic carbocycles. The minimum Gasteiger partial charge on any atom is -0.479 e. The molecule has 0 saturated heterocycles. The number of allylic oxidation sites excluding steroid dienone is 1. The van der Waals surface area contributed by atoms with Crippen molar-refractivity contribution >= 4 is 34.4 Å². The Labute approximate surface area is 137 Å². The van der Waals surface area contributed by atoms with E-state index in [-0.39, 0.29) is 5.95 Å². The highest BCUT2D eigenvalue weighted by Gasteiger charge is 2.20. The maximum absolute atomic E-state index is 10.1. The first-order valence-corrected chi connectivity index (χ1v) is 8.12. The quantitative estimate of drug-likeness (QED) is 0.717. The number of rotatable bonds is 2. The molecule has 0 unspecified atom stereocenters. The summed E-state index contributed by atoms with van der Waals surface area (Å²) in [6.45, 7) is 4.01. The van der Waals surface area contributed by atoms with Crippen LogP contribution in [-0.4, -0.2) is 15.8 Å². The Morgan fingerprint density at radius 2 is 2.09 bits per heavy atom. The number of aliphatic imine (C=N–C) groups is 1. The number of fused-ring (bicyclic) bond motifs is 1. The summed E-state index contributed by atoms with van der Waals surface area (Å²) in [6, 6.07) is 9.98. The van der Waals surface area contributed by atoms with E-state index in [1.165, 1.54) is 16.9 Å². The summed E-state index contributed by atoms with van der Waals surface area (Å²) in [4.78, 5) is 9.86. The Morgan fingerprint density at radius 3 is 2.87 bits per heavy atom. The molecule has 5 heteroatoms. The van der Waals surface area contributed by atoms with Crippen molar-refractivity contribution in [3.05, 3.63) is 52.5 Å². The van der Waals surface area contributed by atoms with E-state index in [2.05, 4.69) is 16.0 Å². The maximum Gasteiger partial charge on any atom is 0.310 e. The highest BCUT2D eigenvalue weighted by atomic mass is 32.1. The van der Waals surface area contributed by atoms with E-state index >= 15 is 0 Å². The molecular weight excluding hydrogens is 308 g/mol. The van der Waals surface area contributed by atoms with Crippen LogP contribution in [0, 0.1) is 6.92 Å². The fourth-order valence-electron chi connectivity index (χ4n) is 2.64. The first kappa shape index (κ1) is 14.0. The van der Waals surface area contributed by atoms with E-state index in [0.29, 0.717) is 11.6 Å². The summed E-state index contributed by atoms with van der Waals surface area (Å²) >= 11 is 1.52. The van der Waals surface area contributed by atoms with Gasteiger partial charge in [0.1, 0.15) is 5.69 Å². The molecule has 3 heterocycles. The van der Waals surface area contributed by atoms with Crippen LogP contribution < -0.4 is 0 Å². The second-order valence-electron chi connectivity index (χ2n) is 5.46. The molecule has 4 rings (SSSR count). The molecular formula is C18H14N2O2S. The molecule has 0 atom stereocenters. The van der Waals surface area contributed by atoms with Crippen molar-refractivity contribution in [1.82, 2.24) is 4.98 Å². The summed E-state index contributed by atoms with van der Waals surface area (Å²) in [5.41, 5.74) is 5.47. The maximum atomic E-state index is 10.1. The lowest BCUT2D eigenvalue weighted by Gasteiger charge is -2.02. The van der Waals surface area contributed by atoms with Gasteiger partial charge < -0.3 is 9.52 Å². The molecule has 0 radical (unpaired) electrons. The summed E-state index contributed by atoms with van der Waals surface area (Å²) in [5, 5.41) is 12.0. The van der Waals surface area contributed by atoms with Crippen LogP contribution >= 0.6 is 11.3 Å². The van der Waals surface area contributed by atoms with Crippen LogP contribution in [0.15, 0.2) is 45.1 Å². The standard InChI is InChI=1S/C18H14N2O2S/c1-10-5-6-14-13(8-10)12(11(2)19-14)9-15-18(21)22-17(20-15)16-4-3-7-23-16/h3-9,21H,1-2H3/b12-9-. The van der Waals surface area contributed by atoms with Crippen LogP contribution in [0.2, 0.25) is 0 Å². The van der Waals surface area contributed by atoms with Gasteiger partial charge in [-0.25, -0.2) is 4.98 Å². The number of thiophene rings is 1. The molecule has 1 aliphatic rings. The minimum atomic E-state index is -0.171. The van der Waals surface area contributed by atoms with E-state index in [1.807, 2.05) is 49.6 Å². The van der Waals surface area contributed by atoms with E-state index < -0.39 is 0 Å². The molecule has 0 saturated carbocycles. The van der Waals surface area contributed by atoms with Crippen molar-refractivity contribution in [2.75, 3.05) is 0 Å². The monoisotopic (exact) mass is 322 g/mol. The lowest BCUT2D eigenvalue weighted by Crippen LogP contribution is -1.90. The lowest BCUT2D eigenvalue weighted by molar-refractivity contribution is 0.337. The zero-order chi connectivity index (χ0) is 16.0. The molecule has 2 aromatic heterocycles. The number of aromatic hydroxyl groups is 1. The molecule has 114 valence electrons. The lowest BCUT2D eigenvalue weighted by atomic mass is 10.0. The largest absolute Gasteiger partial charge is 0.479 e. The molecule has 3 aromatic rings. The third-order valence-electron chi connectivity index (χ3n) is 3.77. The van der Waals surface area contributed by atoms with Gasteiger partial charge in [-0.1, -0.05) is 17.7 Å². The number of aromatic nitrogens is 1. The summed E-state index contributed by atoms with van der Waals surface area (Å²) in [7, 11) is 0. The zero-order valence-electron chi connectivity index (χ0n) is 12.7. The van der Waals surface area contributed by atoms with Crippen molar-refractivity contribution in [2.45, 2.75) is 13.8 Å². The fourth-order valence-corrected chi connectivity index (χ4v) is 3.29. The van der Waals surface area contributed by atoms with Crippen molar-refractivity contribution < 1.29 is 9.52 Å². The Hall–Kier alpha value is -2.66. The van der Waals surface area contributed by atoms with Crippen molar-refractivity contribution in [3.8, 4) is 16.7 Å². The van der Waals surface area contributed by atoms with E-state index in [0.717, 1.165) is 27.4 Å². The van der Waals surface area contributed by atoms with Gasteiger partial charge >= 0.3 is 5.95 Å². The van der Waals surface area contributed by atoms with Gasteiger partial charge in [-0.3, -0.25) is 4.99 Å². The number of nitrogens with zero attached hydrogens (tertiary/aromatic N) is 2. The van der Waals surface area contributed by atoms with E-state index in [4.69, 9.17) is 4.42 Å². The third-order valence-corrected chi connectivity index (χ3v) is 4.63. The molecule has 0 fully saturated rings. The van der Waals surface area contributed by atoms with Gasteiger partial charge in [-0.05, 0) is 43.5 Å². The van der Waals surface area contributed by atoms with E-state index in [9.17, 15) is 5.11 Å². The minimum absolute atomic E-state index is 0.171. The van der Waals surface area contributed by atoms with Gasteiger partial charge in [0.15, 0.2) is 0 Å². The number of hydrogen-bond acceptors (Lipinski definition) is 5. The molecule has 23 heavy (non-hydrogen) atoms. The third kappa shape index (κ3) is 2.39. The van der Waals surface area contributed by atoms with Crippen LogP contribution in [-0.2, 0) is 0 Å². The Bertz CT molecular complexity index is 950. The van der Waals surface area contributed by atoms with E-state index in [1.54, 1.807) is 0 Å². The second kappa shape index (κ2) is 5.21. The molecule has 0 spiro atoms. The predicted molar refractivity (Wildman–Crippen MR) is 93.3 cm³/mol. The Balaban J connectivity index is 1.80. The number of aryl methyl sites for hydroxylation is 1. The second-order valence-corrected chi connectivity index (χ2v) is 6.41. The zero-order valence-corrected chi connectivity index (χ0v) is 13.5. The average molecular weight is 322 g/mol. The normalized spacial score (nSPS) is 15.0. The first-order chi connectivity index (χ1) is 11.1. The number of hydrogen-bond donors (Lipinski definition) is 1. The number of oxazole rings is 1. The van der Waals surface area contributed by atoms with Gasteiger partial charge in [-0.15, -0.1) is 11.3 Å². The van der Waals surface area contributed by atoms with Crippen molar-refractivity contribution in [3.63, 3.8) is 0 Å². The molecule has 0 bridgehead atoms. The SMILES string of the molecule is CC1=Nc2ccc(C)cc2/C1=C\c1nc(-c2cccs2)oc1O. The van der Waals surface area contributed by atoms with Crippen LogP contribution in [0.3, 0.4) is 0 Å². The topological polar surface area (TPSA) is 58.6 Å². The Kier molecular flexibility index (Phi) is 3.16. The molecule has 1 aromatic carbocycles. The average Bonchev–Trinajstić information content (AvgIpc) is 3.21. The van der Waals surface area contributed by atoms with Gasteiger partial charge in [0.05, 0.1) is 10.6 Å². The summed E-state index contributed by atoms with van der Waals surface area (Å²) in [5.74, 6) is 0.260. The highest BCUT2D eigenvalue weighted by Crippen LogP contribution is 2.38. The highest BCUT2D eigenvalue weighted by molar-refractivity contribution is 7.13. The summed E-state index contributed by atoms with van der Waals surface area (Å²) in [6.07, 6.45) is 1.83. The van der Waals surface area contributed by atoms with Crippen molar-refractivity contribution in [1.29, 1.82) is 0 Å². The molecule has 0 amide bonds. The fraction of sp³-hybridized carbons (Fsp3) is 0.111. The molecule has 1 N–H and O–H groups in total. The summed E-state index contributed by atoms with van der Waals surface area (Å²) < 4.78 is 5.39. The van der Waals surface area contributed by atoms with Crippen LogP contribution in [0.4, 0.5) is 5.69 Å². The van der Waals surface area contributed by atoms with Crippen molar-refractivity contribution in [2.24, 2.45) is 4.99 Å². The van der Waals surface area contributed by atoms with Gasteiger partial charge in [0, 0.05) is 16.8 Å². The predicted octanol–water partition coefficient (Wildman–Crippen LogP) is 5.06. The number of benzene rings is 1. The van der Waals surface area contributed by atoms with Gasteiger partial charge in [0.25, 0.3) is 0 Å². The molecule has 1 aliphatic heterocycles.